The molecule has 0 N–H and O–H groups in total. The van der Waals surface area contributed by atoms with Crippen molar-refractivity contribution in [3.05, 3.63) is 29.8 Å². The van der Waals surface area contributed by atoms with E-state index in [1.807, 2.05) is 19.2 Å². The van der Waals surface area contributed by atoms with Gasteiger partial charge in [0.15, 0.2) is 0 Å². The van der Waals surface area contributed by atoms with Crippen LogP contribution in [0.3, 0.4) is 0 Å². The quantitative estimate of drug-likeness (QED) is 0.514. The predicted molar refractivity (Wildman–Crippen MR) is 81.4 cm³/mol. The molecular formula is C16H25NO3. The molecule has 4 heteroatoms. The van der Waals surface area contributed by atoms with Crippen LogP contribution in [0.15, 0.2) is 24.3 Å². The Morgan fingerprint density at radius 1 is 1.10 bits per heavy atom. The lowest BCUT2D eigenvalue weighted by molar-refractivity contribution is 0.0314. The number of carbonyl (C=O) groups excluding carboxylic acids is 1. The smallest absolute Gasteiger partial charge is 0.338 e. The number of nitrogens with zero attached hydrogens (tertiary/aromatic N) is 1. The maximum atomic E-state index is 11.8. The van der Waals surface area contributed by atoms with Crippen LogP contribution in [0.5, 0.6) is 0 Å². The summed E-state index contributed by atoms with van der Waals surface area (Å²) in [6, 6.07) is 7.44. The van der Waals surface area contributed by atoms with Crippen LogP contribution in [-0.4, -0.2) is 39.4 Å². The van der Waals surface area contributed by atoms with E-state index in [1.54, 1.807) is 12.1 Å². The summed E-state index contributed by atoms with van der Waals surface area (Å²) >= 11 is 0. The zero-order chi connectivity index (χ0) is 14.8. The Bertz CT molecular complexity index is 389. The zero-order valence-corrected chi connectivity index (χ0v) is 12.7. The van der Waals surface area contributed by atoms with Crippen LogP contribution in [0.2, 0.25) is 0 Å². The predicted octanol–water partition coefficient (Wildman–Crippen LogP) is 3.12. The molecular weight excluding hydrogens is 254 g/mol. The Balaban J connectivity index is 2.32. The first-order valence-corrected chi connectivity index (χ1v) is 7.25. The minimum absolute atomic E-state index is 0.296. The lowest BCUT2D eigenvalue weighted by Gasteiger charge is -2.16. The van der Waals surface area contributed by atoms with Crippen molar-refractivity contribution in [2.24, 2.45) is 0 Å². The van der Waals surface area contributed by atoms with Gasteiger partial charge in [-0.05, 0) is 37.6 Å². The van der Waals surface area contributed by atoms with Gasteiger partial charge in [-0.25, -0.2) is 4.79 Å². The molecule has 0 atom stereocenters. The van der Waals surface area contributed by atoms with Gasteiger partial charge >= 0.3 is 5.97 Å². The highest BCUT2D eigenvalue weighted by atomic mass is 16.6. The number of unbranched alkanes of at least 4 members (excludes halogenated alkanes) is 1. The number of hydrogen-bond donors (Lipinski definition) is 0. The van der Waals surface area contributed by atoms with Gasteiger partial charge in [-0.3, -0.25) is 0 Å². The van der Waals surface area contributed by atoms with Crippen LogP contribution in [0.1, 0.15) is 37.0 Å². The summed E-state index contributed by atoms with van der Waals surface area (Å²) in [6.07, 6.45) is 2.15. The van der Waals surface area contributed by atoms with E-state index >= 15 is 0 Å². The molecule has 20 heavy (non-hydrogen) atoms. The summed E-state index contributed by atoms with van der Waals surface area (Å²) in [6.45, 7) is 6.62. The minimum atomic E-state index is -0.296. The molecule has 0 aromatic heterocycles. The summed E-state index contributed by atoms with van der Waals surface area (Å²) in [4.78, 5) is 13.9. The third-order valence-electron chi connectivity index (χ3n) is 3.12. The fourth-order valence-corrected chi connectivity index (χ4v) is 1.66. The Labute approximate surface area is 121 Å². The standard InChI is InChI=1S/C16H25NO3/c1-4-6-11-19-12-13-20-16(18)14-7-9-15(10-8-14)17(3)5-2/h7-10H,4-6,11-13H2,1-3H3. The molecule has 0 heterocycles. The first-order chi connectivity index (χ1) is 9.69. The third kappa shape index (κ3) is 5.61. The van der Waals surface area contributed by atoms with E-state index in [0.717, 1.165) is 31.7 Å². The van der Waals surface area contributed by atoms with Crippen molar-refractivity contribution < 1.29 is 14.3 Å². The SMILES string of the molecule is CCCCOCCOC(=O)c1ccc(N(C)CC)cc1. The molecule has 0 saturated heterocycles. The van der Waals surface area contributed by atoms with Crippen molar-refractivity contribution in [1.82, 2.24) is 0 Å². The van der Waals surface area contributed by atoms with Gasteiger partial charge < -0.3 is 14.4 Å². The van der Waals surface area contributed by atoms with Crippen molar-refractivity contribution in [3.8, 4) is 0 Å². The molecule has 0 fully saturated rings. The lowest BCUT2D eigenvalue weighted by atomic mass is 10.2. The number of hydrogen-bond acceptors (Lipinski definition) is 4. The normalized spacial score (nSPS) is 10.3. The summed E-state index contributed by atoms with van der Waals surface area (Å²) in [7, 11) is 2.01. The molecule has 1 aromatic carbocycles. The fourth-order valence-electron chi connectivity index (χ4n) is 1.66. The zero-order valence-electron chi connectivity index (χ0n) is 12.7. The first-order valence-electron chi connectivity index (χ1n) is 7.25. The maximum Gasteiger partial charge on any atom is 0.338 e. The van der Waals surface area contributed by atoms with Crippen LogP contribution in [0, 0.1) is 0 Å². The van der Waals surface area contributed by atoms with Gasteiger partial charge in [-0.2, -0.15) is 0 Å². The van der Waals surface area contributed by atoms with Gasteiger partial charge in [0.05, 0.1) is 12.2 Å². The molecule has 0 aliphatic rings. The Morgan fingerprint density at radius 2 is 1.80 bits per heavy atom. The topological polar surface area (TPSA) is 38.8 Å². The van der Waals surface area contributed by atoms with Gasteiger partial charge in [0.1, 0.15) is 6.61 Å². The number of ether oxygens (including phenoxy) is 2. The van der Waals surface area contributed by atoms with Crippen molar-refractivity contribution in [1.29, 1.82) is 0 Å². The number of anilines is 1. The first kappa shape index (κ1) is 16.5. The highest BCUT2D eigenvalue weighted by Gasteiger charge is 2.07. The average Bonchev–Trinajstić information content (AvgIpc) is 2.50. The highest BCUT2D eigenvalue weighted by Crippen LogP contribution is 2.14. The van der Waals surface area contributed by atoms with E-state index in [4.69, 9.17) is 9.47 Å². The van der Waals surface area contributed by atoms with E-state index in [0.29, 0.717) is 18.8 Å². The second-order valence-corrected chi connectivity index (χ2v) is 4.66. The molecule has 0 spiro atoms. The Hall–Kier alpha value is -1.55. The number of carbonyl (C=O) groups is 1. The van der Waals surface area contributed by atoms with Crippen LogP contribution in [-0.2, 0) is 9.47 Å². The molecule has 4 nitrogen and oxygen atoms in total. The fraction of sp³-hybridized carbons (Fsp3) is 0.562. The molecule has 0 saturated carbocycles. The maximum absolute atomic E-state index is 11.8. The molecule has 0 amide bonds. The van der Waals surface area contributed by atoms with E-state index < -0.39 is 0 Å². The molecule has 0 unspecified atom stereocenters. The number of benzene rings is 1. The van der Waals surface area contributed by atoms with Gasteiger partial charge in [0.25, 0.3) is 0 Å². The van der Waals surface area contributed by atoms with E-state index in [-0.39, 0.29) is 5.97 Å². The Morgan fingerprint density at radius 3 is 2.40 bits per heavy atom. The molecule has 0 aliphatic heterocycles. The summed E-state index contributed by atoms with van der Waals surface area (Å²) < 4.78 is 10.5. The van der Waals surface area contributed by atoms with Gasteiger partial charge in [-0.1, -0.05) is 13.3 Å². The average molecular weight is 279 g/mol. The Kier molecular flexibility index (Phi) is 7.73. The molecule has 1 aromatic rings. The molecule has 1 rings (SSSR count). The number of rotatable bonds is 9. The summed E-state index contributed by atoms with van der Waals surface area (Å²) in [5.41, 5.74) is 1.67. The lowest BCUT2D eigenvalue weighted by Crippen LogP contribution is -2.16. The van der Waals surface area contributed by atoms with Crippen LogP contribution in [0.25, 0.3) is 0 Å². The monoisotopic (exact) mass is 279 g/mol. The second-order valence-electron chi connectivity index (χ2n) is 4.66. The van der Waals surface area contributed by atoms with Crippen LogP contribution < -0.4 is 4.90 Å². The van der Waals surface area contributed by atoms with Crippen molar-refractivity contribution in [3.63, 3.8) is 0 Å². The number of esters is 1. The highest BCUT2D eigenvalue weighted by molar-refractivity contribution is 5.89. The van der Waals surface area contributed by atoms with Gasteiger partial charge in [0, 0.05) is 25.9 Å². The summed E-state index contributed by atoms with van der Waals surface area (Å²) in [5.74, 6) is -0.296. The third-order valence-corrected chi connectivity index (χ3v) is 3.12. The van der Waals surface area contributed by atoms with Gasteiger partial charge in [0.2, 0.25) is 0 Å². The molecule has 0 bridgehead atoms. The molecule has 0 radical (unpaired) electrons. The van der Waals surface area contributed by atoms with Crippen molar-refractivity contribution >= 4 is 11.7 Å². The molecule has 0 aliphatic carbocycles. The van der Waals surface area contributed by atoms with Crippen LogP contribution in [0.4, 0.5) is 5.69 Å². The largest absolute Gasteiger partial charge is 0.460 e. The van der Waals surface area contributed by atoms with E-state index in [1.165, 1.54) is 0 Å². The van der Waals surface area contributed by atoms with Crippen molar-refractivity contribution in [2.75, 3.05) is 38.3 Å². The summed E-state index contributed by atoms with van der Waals surface area (Å²) in [5, 5.41) is 0. The van der Waals surface area contributed by atoms with E-state index in [9.17, 15) is 4.79 Å². The minimum Gasteiger partial charge on any atom is -0.460 e. The second kappa shape index (κ2) is 9.37. The van der Waals surface area contributed by atoms with Crippen molar-refractivity contribution in [2.45, 2.75) is 26.7 Å². The van der Waals surface area contributed by atoms with E-state index in [2.05, 4.69) is 18.7 Å². The molecule has 112 valence electrons. The van der Waals surface area contributed by atoms with Crippen LogP contribution >= 0.6 is 0 Å². The van der Waals surface area contributed by atoms with Gasteiger partial charge in [-0.15, -0.1) is 0 Å².